The smallest absolute Gasteiger partial charge is 0.338 e. The van der Waals surface area contributed by atoms with Gasteiger partial charge in [-0.05, 0) is 37.1 Å². The fraction of sp³-hybridized carbons (Fsp3) is 0.562. The van der Waals surface area contributed by atoms with Crippen LogP contribution in [0.3, 0.4) is 0 Å². The van der Waals surface area contributed by atoms with Crippen molar-refractivity contribution in [3.63, 3.8) is 0 Å². The molecule has 0 saturated carbocycles. The van der Waals surface area contributed by atoms with E-state index in [0.717, 1.165) is 12.8 Å². The van der Waals surface area contributed by atoms with Crippen molar-refractivity contribution in [2.75, 3.05) is 6.61 Å². The maximum absolute atomic E-state index is 11.7. The van der Waals surface area contributed by atoms with Crippen LogP contribution >= 0.6 is 0 Å². The van der Waals surface area contributed by atoms with Crippen LogP contribution in [-0.2, 0) is 4.74 Å². The number of rotatable bonds is 8. The molecule has 0 unspecified atom stereocenters. The van der Waals surface area contributed by atoms with E-state index in [2.05, 4.69) is 6.92 Å². The molecule has 1 aromatic carbocycles. The van der Waals surface area contributed by atoms with Crippen LogP contribution in [0.4, 0.5) is 0 Å². The largest absolute Gasteiger partial charge is 0.508 e. The van der Waals surface area contributed by atoms with Crippen LogP contribution in [0.5, 0.6) is 5.75 Å². The van der Waals surface area contributed by atoms with Gasteiger partial charge in [0.15, 0.2) is 0 Å². The lowest BCUT2D eigenvalue weighted by Gasteiger charge is -2.06. The van der Waals surface area contributed by atoms with Crippen molar-refractivity contribution in [1.82, 2.24) is 0 Å². The summed E-state index contributed by atoms with van der Waals surface area (Å²) < 4.78 is 5.21. The molecule has 1 N–H and O–H groups in total. The topological polar surface area (TPSA) is 46.5 Å². The summed E-state index contributed by atoms with van der Waals surface area (Å²) in [5.74, 6) is -0.107. The lowest BCUT2D eigenvalue weighted by atomic mass is 10.1. The van der Waals surface area contributed by atoms with Gasteiger partial charge in [0, 0.05) is 0 Å². The predicted octanol–water partition coefficient (Wildman–Crippen LogP) is 4.22. The summed E-state index contributed by atoms with van der Waals surface area (Å²) >= 11 is 0. The van der Waals surface area contributed by atoms with E-state index < -0.39 is 0 Å². The molecule has 0 radical (unpaired) electrons. The van der Waals surface area contributed by atoms with Crippen molar-refractivity contribution >= 4 is 5.97 Å². The molecule has 0 aliphatic rings. The number of carbonyl (C=O) groups excluding carboxylic acids is 1. The van der Waals surface area contributed by atoms with Crippen LogP contribution < -0.4 is 0 Å². The Bertz CT molecular complexity index is 399. The molecule has 106 valence electrons. The molecule has 0 heterocycles. The highest BCUT2D eigenvalue weighted by Gasteiger charge is 2.08. The number of esters is 1. The normalized spacial score (nSPS) is 10.4. The zero-order valence-electron chi connectivity index (χ0n) is 11.9. The molecule has 0 fully saturated rings. The van der Waals surface area contributed by atoms with E-state index in [-0.39, 0.29) is 11.7 Å². The number of aryl methyl sites for hydroxylation is 1. The van der Waals surface area contributed by atoms with Crippen LogP contribution in [0, 0.1) is 6.92 Å². The van der Waals surface area contributed by atoms with E-state index in [1.165, 1.54) is 31.7 Å². The van der Waals surface area contributed by atoms with Gasteiger partial charge < -0.3 is 9.84 Å². The molecule has 0 aliphatic carbocycles. The number of ether oxygens (including phenoxy) is 1. The van der Waals surface area contributed by atoms with Gasteiger partial charge in [-0.2, -0.15) is 0 Å². The predicted molar refractivity (Wildman–Crippen MR) is 76.5 cm³/mol. The molecule has 3 nitrogen and oxygen atoms in total. The van der Waals surface area contributed by atoms with Gasteiger partial charge in [0.05, 0.1) is 12.2 Å². The third-order valence-corrected chi connectivity index (χ3v) is 3.16. The number of phenolic OH excluding ortho intramolecular Hbond substituents is 1. The summed E-state index contributed by atoms with van der Waals surface area (Å²) in [6.07, 6.45) is 7.04. The monoisotopic (exact) mass is 264 g/mol. The van der Waals surface area contributed by atoms with Gasteiger partial charge in [-0.1, -0.05) is 39.0 Å². The Labute approximate surface area is 115 Å². The Morgan fingerprint density at radius 2 is 1.84 bits per heavy atom. The first kappa shape index (κ1) is 15.5. The molecule has 0 saturated heterocycles. The maximum atomic E-state index is 11.7. The van der Waals surface area contributed by atoms with Crippen molar-refractivity contribution in [1.29, 1.82) is 0 Å². The van der Waals surface area contributed by atoms with Gasteiger partial charge in [0.2, 0.25) is 0 Å². The minimum atomic E-state index is -0.309. The zero-order valence-corrected chi connectivity index (χ0v) is 11.9. The molecule has 0 bridgehead atoms. The zero-order chi connectivity index (χ0) is 14.1. The molecule has 0 amide bonds. The number of unbranched alkanes of at least 4 members (excludes halogenated alkanes) is 5. The minimum Gasteiger partial charge on any atom is -0.508 e. The summed E-state index contributed by atoms with van der Waals surface area (Å²) in [4.78, 5) is 11.7. The van der Waals surface area contributed by atoms with Gasteiger partial charge in [-0.3, -0.25) is 0 Å². The Kier molecular flexibility index (Phi) is 7.01. The summed E-state index contributed by atoms with van der Waals surface area (Å²) in [5, 5.41) is 9.39. The van der Waals surface area contributed by atoms with Crippen molar-refractivity contribution in [3.05, 3.63) is 29.3 Å². The fourth-order valence-electron chi connectivity index (χ4n) is 1.91. The van der Waals surface area contributed by atoms with Crippen LogP contribution in [0.1, 0.15) is 61.4 Å². The van der Waals surface area contributed by atoms with E-state index in [1.807, 2.05) is 0 Å². The highest BCUT2D eigenvalue weighted by atomic mass is 16.5. The van der Waals surface area contributed by atoms with Crippen molar-refractivity contribution < 1.29 is 14.6 Å². The summed E-state index contributed by atoms with van der Waals surface area (Å²) in [7, 11) is 0. The SMILES string of the molecule is CCCCCCCCOC(=O)c1ccc(O)c(C)c1. The molecule has 1 aromatic rings. The Hall–Kier alpha value is -1.51. The average molecular weight is 264 g/mol. The van der Waals surface area contributed by atoms with E-state index in [1.54, 1.807) is 19.1 Å². The van der Waals surface area contributed by atoms with Crippen molar-refractivity contribution in [2.45, 2.75) is 52.4 Å². The molecular weight excluding hydrogens is 240 g/mol. The number of carbonyl (C=O) groups is 1. The van der Waals surface area contributed by atoms with Crippen molar-refractivity contribution in [2.24, 2.45) is 0 Å². The number of hydrogen-bond acceptors (Lipinski definition) is 3. The molecule has 1 rings (SSSR count). The second-order valence-electron chi connectivity index (χ2n) is 4.90. The maximum Gasteiger partial charge on any atom is 0.338 e. The Balaban J connectivity index is 2.22. The van der Waals surface area contributed by atoms with E-state index in [0.29, 0.717) is 17.7 Å². The number of aromatic hydroxyl groups is 1. The van der Waals surface area contributed by atoms with Crippen LogP contribution in [-0.4, -0.2) is 17.7 Å². The lowest BCUT2D eigenvalue weighted by molar-refractivity contribution is 0.0497. The summed E-state index contributed by atoms with van der Waals surface area (Å²) in [6.45, 7) is 4.44. The summed E-state index contributed by atoms with van der Waals surface area (Å²) in [6, 6.07) is 4.77. The standard InChI is InChI=1S/C16H24O3/c1-3-4-5-6-7-8-11-19-16(18)14-9-10-15(17)13(2)12-14/h9-10,12,17H,3-8,11H2,1-2H3. The van der Waals surface area contributed by atoms with Gasteiger partial charge in [-0.15, -0.1) is 0 Å². The second-order valence-corrected chi connectivity index (χ2v) is 4.90. The third kappa shape index (κ3) is 5.77. The Morgan fingerprint density at radius 1 is 1.16 bits per heavy atom. The highest BCUT2D eigenvalue weighted by molar-refractivity contribution is 5.89. The number of benzene rings is 1. The van der Waals surface area contributed by atoms with Crippen LogP contribution in [0.2, 0.25) is 0 Å². The number of phenols is 1. The van der Waals surface area contributed by atoms with Gasteiger partial charge in [-0.25, -0.2) is 4.79 Å². The average Bonchev–Trinajstić information content (AvgIpc) is 2.40. The third-order valence-electron chi connectivity index (χ3n) is 3.16. The van der Waals surface area contributed by atoms with Crippen LogP contribution in [0.25, 0.3) is 0 Å². The second kappa shape index (κ2) is 8.57. The molecule has 0 spiro atoms. The molecular formula is C16H24O3. The molecule has 0 aromatic heterocycles. The van der Waals surface area contributed by atoms with E-state index in [4.69, 9.17) is 4.74 Å². The Morgan fingerprint density at radius 3 is 2.53 bits per heavy atom. The number of hydrogen-bond donors (Lipinski definition) is 1. The van der Waals surface area contributed by atoms with Crippen LogP contribution in [0.15, 0.2) is 18.2 Å². The summed E-state index contributed by atoms with van der Waals surface area (Å²) in [5.41, 5.74) is 1.19. The lowest BCUT2D eigenvalue weighted by Crippen LogP contribution is -2.06. The molecule has 0 aliphatic heterocycles. The first-order valence-corrected chi connectivity index (χ1v) is 7.12. The fourth-order valence-corrected chi connectivity index (χ4v) is 1.91. The van der Waals surface area contributed by atoms with E-state index >= 15 is 0 Å². The molecule has 0 atom stereocenters. The van der Waals surface area contributed by atoms with E-state index in [9.17, 15) is 9.90 Å². The molecule has 3 heteroatoms. The molecule has 19 heavy (non-hydrogen) atoms. The van der Waals surface area contributed by atoms with Gasteiger partial charge >= 0.3 is 5.97 Å². The first-order chi connectivity index (χ1) is 9.15. The van der Waals surface area contributed by atoms with Crippen molar-refractivity contribution in [3.8, 4) is 5.75 Å². The highest BCUT2D eigenvalue weighted by Crippen LogP contribution is 2.17. The minimum absolute atomic E-state index is 0.201. The quantitative estimate of drug-likeness (QED) is 0.565. The van der Waals surface area contributed by atoms with Gasteiger partial charge in [0.1, 0.15) is 5.75 Å². The first-order valence-electron chi connectivity index (χ1n) is 7.12. The van der Waals surface area contributed by atoms with Gasteiger partial charge in [0.25, 0.3) is 0 Å².